The summed E-state index contributed by atoms with van der Waals surface area (Å²) in [7, 11) is 0. The third-order valence-corrected chi connectivity index (χ3v) is 3.32. The Bertz CT molecular complexity index is 467. The second-order valence-electron chi connectivity index (χ2n) is 4.56. The lowest BCUT2D eigenvalue weighted by atomic mass is 9.85. The van der Waals surface area contributed by atoms with Gasteiger partial charge in [-0.15, -0.1) is 0 Å². The van der Waals surface area contributed by atoms with Gasteiger partial charge in [0.25, 0.3) is 0 Å². The molecule has 1 aliphatic rings. The van der Waals surface area contributed by atoms with Crippen LogP contribution in [-0.2, 0) is 15.1 Å². The summed E-state index contributed by atoms with van der Waals surface area (Å²) in [5.74, 6) is -1.35. The van der Waals surface area contributed by atoms with E-state index in [1.165, 1.54) is 18.2 Å². The van der Waals surface area contributed by atoms with E-state index in [2.05, 4.69) is 0 Å². The molecule has 0 bridgehead atoms. The molecular formula is C14H17FO4. The zero-order valence-electron chi connectivity index (χ0n) is 10.8. The summed E-state index contributed by atoms with van der Waals surface area (Å²) in [5, 5.41) is 10.5. The highest BCUT2D eigenvalue weighted by atomic mass is 19.1. The van der Waals surface area contributed by atoms with Crippen LogP contribution in [0.3, 0.4) is 0 Å². The summed E-state index contributed by atoms with van der Waals surface area (Å²) in [4.78, 5) is 11.6. The summed E-state index contributed by atoms with van der Waals surface area (Å²) < 4.78 is 23.6. The Morgan fingerprint density at radius 3 is 2.79 bits per heavy atom. The Hall–Kier alpha value is -1.46. The molecule has 0 aromatic heterocycles. The van der Waals surface area contributed by atoms with E-state index in [1.54, 1.807) is 6.92 Å². The van der Waals surface area contributed by atoms with Crippen LogP contribution in [0.25, 0.3) is 0 Å². The van der Waals surface area contributed by atoms with Gasteiger partial charge in [0.15, 0.2) is 0 Å². The predicted molar refractivity (Wildman–Crippen MR) is 66.3 cm³/mol. The fourth-order valence-electron chi connectivity index (χ4n) is 2.18. The molecule has 1 N–H and O–H groups in total. The van der Waals surface area contributed by atoms with Crippen LogP contribution < -0.4 is 0 Å². The van der Waals surface area contributed by atoms with E-state index in [0.29, 0.717) is 31.6 Å². The van der Waals surface area contributed by atoms with E-state index >= 15 is 0 Å². The molecule has 0 radical (unpaired) electrons. The molecule has 2 rings (SSSR count). The maximum atomic E-state index is 13.6. The second kappa shape index (κ2) is 5.67. The molecule has 4 nitrogen and oxygen atoms in total. The van der Waals surface area contributed by atoms with Crippen LogP contribution in [0.2, 0.25) is 0 Å². The lowest BCUT2D eigenvalue weighted by molar-refractivity contribution is -0.0679. The van der Waals surface area contributed by atoms with Crippen LogP contribution in [0.15, 0.2) is 18.2 Å². The van der Waals surface area contributed by atoms with Gasteiger partial charge in [-0.25, -0.2) is 9.18 Å². The average Bonchev–Trinajstić information content (AvgIpc) is 2.40. The first-order chi connectivity index (χ1) is 9.07. The largest absolute Gasteiger partial charge is 0.462 e. The third kappa shape index (κ3) is 2.93. The Kier molecular flexibility index (Phi) is 4.17. The standard InChI is InChI=1S/C14H17FO4/c1-2-19-13(16)11-9-10(3-4-12(11)15)14(17)5-7-18-8-6-14/h3-4,9,17H,2,5-8H2,1H3. The maximum absolute atomic E-state index is 13.6. The second-order valence-corrected chi connectivity index (χ2v) is 4.56. The number of halogens is 1. The van der Waals surface area contributed by atoms with Gasteiger partial charge in [-0.05, 0) is 24.6 Å². The summed E-state index contributed by atoms with van der Waals surface area (Å²) in [6, 6.07) is 4.07. The van der Waals surface area contributed by atoms with Crippen molar-refractivity contribution in [3.8, 4) is 0 Å². The van der Waals surface area contributed by atoms with Gasteiger partial charge in [0.05, 0.1) is 17.8 Å². The minimum atomic E-state index is -1.06. The molecule has 1 fully saturated rings. The van der Waals surface area contributed by atoms with E-state index in [1.807, 2.05) is 0 Å². The summed E-state index contributed by atoms with van der Waals surface area (Å²) in [6.45, 7) is 2.73. The number of hydrogen-bond donors (Lipinski definition) is 1. The van der Waals surface area contributed by atoms with Crippen molar-refractivity contribution in [3.63, 3.8) is 0 Å². The van der Waals surface area contributed by atoms with Gasteiger partial charge < -0.3 is 14.6 Å². The lowest BCUT2D eigenvalue weighted by Crippen LogP contribution is -2.33. The van der Waals surface area contributed by atoms with E-state index in [-0.39, 0.29) is 12.2 Å². The van der Waals surface area contributed by atoms with Crippen molar-refractivity contribution < 1.29 is 23.8 Å². The Morgan fingerprint density at radius 2 is 2.16 bits per heavy atom. The minimum absolute atomic E-state index is 0.140. The molecule has 1 heterocycles. The van der Waals surface area contributed by atoms with Crippen LogP contribution >= 0.6 is 0 Å². The van der Waals surface area contributed by atoms with Gasteiger partial charge >= 0.3 is 5.97 Å². The number of benzene rings is 1. The lowest BCUT2D eigenvalue weighted by Gasteiger charge is -2.32. The molecule has 0 unspecified atom stereocenters. The number of carbonyl (C=O) groups is 1. The Labute approximate surface area is 111 Å². The first-order valence-electron chi connectivity index (χ1n) is 6.34. The fourth-order valence-corrected chi connectivity index (χ4v) is 2.18. The van der Waals surface area contributed by atoms with Crippen molar-refractivity contribution in [3.05, 3.63) is 35.1 Å². The number of aliphatic hydroxyl groups is 1. The van der Waals surface area contributed by atoms with Gasteiger partial charge in [0.2, 0.25) is 0 Å². The topological polar surface area (TPSA) is 55.8 Å². The molecule has 19 heavy (non-hydrogen) atoms. The number of carbonyl (C=O) groups excluding carboxylic acids is 1. The van der Waals surface area contributed by atoms with Gasteiger partial charge in [0.1, 0.15) is 5.82 Å². The summed E-state index contributed by atoms with van der Waals surface area (Å²) in [6.07, 6.45) is 0.863. The molecule has 1 aromatic carbocycles. The molecule has 1 aromatic rings. The van der Waals surface area contributed by atoms with Crippen molar-refractivity contribution in [1.82, 2.24) is 0 Å². The molecule has 0 saturated carbocycles. The third-order valence-electron chi connectivity index (χ3n) is 3.32. The van der Waals surface area contributed by atoms with E-state index in [4.69, 9.17) is 9.47 Å². The van der Waals surface area contributed by atoms with E-state index in [9.17, 15) is 14.3 Å². The molecule has 0 spiro atoms. The number of hydrogen-bond acceptors (Lipinski definition) is 4. The van der Waals surface area contributed by atoms with Gasteiger partial charge in [-0.1, -0.05) is 6.07 Å². The summed E-state index contributed by atoms with van der Waals surface area (Å²) in [5.41, 5.74) is -0.674. The highest BCUT2D eigenvalue weighted by molar-refractivity contribution is 5.90. The monoisotopic (exact) mass is 268 g/mol. The fraction of sp³-hybridized carbons (Fsp3) is 0.500. The van der Waals surface area contributed by atoms with Gasteiger partial charge in [0, 0.05) is 26.1 Å². The first-order valence-corrected chi connectivity index (χ1v) is 6.34. The zero-order valence-corrected chi connectivity index (χ0v) is 10.8. The highest BCUT2D eigenvalue weighted by Gasteiger charge is 2.32. The Balaban J connectivity index is 2.32. The minimum Gasteiger partial charge on any atom is -0.462 e. The first kappa shape index (κ1) is 14.0. The molecule has 1 aliphatic heterocycles. The quantitative estimate of drug-likeness (QED) is 0.852. The van der Waals surface area contributed by atoms with Crippen molar-refractivity contribution in [2.45, 2.75) is 25.4 Å². The van der Waals surface area contributed by atoms with Gasteiger partial charge in [-0.2, -0.15) is 0 Å². The average molecular weight is 268 g/mol. The molecule has 5 heteroatoms. The highest BCUT2D eigenvalue weighted by Crippen LogP contribution is 2.32. The molecule has 0 atom stereocenters. The molecule has 0 aliphatic carbocycles. The number of esters is 1. The Morgan fingerprint density at radius 1 is 1.47 bits per heavy atom. The van der Waals surface area contributed by atoms with Gasteiger partial charge in [-0.3, -0.25) is 0 Å². The number of rotatable bonds is 3. The SMILES string of the molecule is CCOC(=O)c1cc(C2(O)CCOCC2)ccc1F. The molecular weight excluding hydrogens is 251 g/mol. The maximum Gasteiger partial charge on any atom is 0.341 e. The normalized spacial score (nSPS) is 18.1. The van der Waals surface area contributed by atoms with Crippen molar-refractivity contribution in [1.29, 1.82) is 0 Å². The van der Waals surface area contributed by atoms with Crippen LogP contribution in [0.1, 0.15) is 35.7 Å². The molecule has 0 amide bonds. The van der Waals surface area contributed by atoms with Crippen LogP contribution in [0.4, 0.5) is 4.39 Å². The van der Waals surface area contributed by atoms with Crippen molar-refractivity contribution in [2.24, 2.45) is 0 Å². The van der Waals surface area contributed by atoms with Crippen LogP contribution in [0, 0.1) is 5.82 Å². The smallest absolute Gasteiger partial charge is 0.341 e. The number of ether oxygens (including phenoxy) is 2. The van der Waals surface area contributed by atoms with Crippen molar-refractivity contribution >= 4 is 5.97 Å². The zero-order chi connectivity index (χ0) is 13.9. The molecule has 104 valence electrons. The van der Waals surface area contributed by atoms with E-state index in [0.717, 1.165) is 0 Å². The van der Waals surface area contributed by atoms with Crippen LogP contribution in [0.5, 0.6) is 0 Å². The summed E-state index contributed by atoms with van der Waals surface area (Å²) >= 11 is 0. The van der Waals surface area contributed by atoms with Crippen molar-refractivity contribution in [2.75, 3.05) is 19.8 Å². The van der Waals surface area contributed by atoms with Crippen LogP contribution in [-0.4, -0.2) is 30.9 Å². The van der Waals surface area contributed by atoms with E-state index < -0.39 is 17.4 Å². The molecule has 1 saturated heterocycles. The predicted octanol–water partition coefficient (Wildman–Crippen LogP) is 2.00.